The summed E-state index contributed by atoms with van der Waals surface area (Å²) in [5.41, 5.74) is 4.07. The fraction of sp³-hybridized carbons (Fsp3) is 0.188. The van der Waals surface area contributed by atoms with Crippen molar-refractivity contribution >= 4 is 28.9 Å². The van der Waals surface area contributed by atoms with E-state index in [4.69, 9.17) is 28.4 Å². The van der Waals surface area contributed by atoms with Crippen molar-refractivity contribution in [3.63, 3.8) is 0 Å². The van der Waals surface area contributed by atoms with Crippen LogP contribution in [-0.2, 0) is 0 Å². The number of hydrogen-bond acceptors (Lipinski definition) is 2. The molecule has 1 aliphatic rings. The summed E-state index contributed by atoms with van der Waals surface area (Å²) < 4.78 is 0. The number of benzene rings is 2. The lowest BCUT2D eigenvalue weighted by molar-refractivity contribution is 0.317. The molecule has 0 spiro atoms. The fourth-order valence-corrected chi connectivity index (χ4v) is 3.12. The molecule has 0 bridgehead atoms. The molecule has 0 radical (unpaired) electrons. The molecule has 0 fully saturated rings. The molecule has 2 aromatic rings. The van der Waals surface area contributed by atoms with E-state index in [1.807, 2.05) is 36.4 Å². The molecule has 1 unspecified atom stereocenters. The van der Waals surface area contributed by atoms with Crippen LogP contribution >= 0.6 is 23.2 Å². The molecule has 3 rings (SSSR count). The van der Waals surface area contributed by atoms with E-state index < -0.39 is 0 Å². The van der Waals surface area contributed by atoms with Crippen LogP contribution in [0.15, 0.2) is 47.6 Å². The molecule has 0 amide bonds. The van der Waals surface area contributed by atoms with Crippen molar-refractivity contribution < 1.29 is 5.21 Å². The summed E-state index contributed by atoms with van der Waals surface area (Å²) in [6.07, 6.45) is 1.65. The molecule has 0 saturated heterocycles. The summed E-state index contributed by atoms with van der Waals surface area (Å²) in [4.78, 5) is 0. The van der Waals surface area contributed by atoms with E-state index in [0.29, 0.717) is 10.0 Å². The van der Waals surface area contributed by atoms with Gasteiger partial charge in [0.25, 0.3) is 0 Å². The Bertz CT molecular complexity index is 682. The summed E-state index contributed by atoms with van der Waals surface area (Å²) in [7, 11) is 0. The van der Waals surface area contributed by atoms with Gasteiger partial charge < -0.3 is 5.21 Å². The average molecular weight is 306 g/mol. The number of nitrogens with zero attached hydrogens (tertiary/aromatic N) is 1. The van der Waals surface area contributed by atoms with Crippen LogP contribution in [0.5, 0.6) is 0 Å². The van der Waals surface area contributed by atoms with Gasteiger partial charge in [0.2, 0.25) is 0 Å². The fourth-order valence-electron chi connectivity index (χ4n) is 2.81. The Balaban J connectivity index is 2.09. The second kappa shape index (κ2) is 5.47. The molecule has 1 N–H and O–H groups in total. The number of rotatable bonds is 1. The van der Waals surface area contributed by atoms with E-state index in [-0.39, 0.29) is 5.92 Å². The predicted molar refractivity (Wildman–Crippen MR) is 82.3 cm³/mol. The molecule has 2 aromatic carbocycles. The van der Waals surface area contributed by atoms with Gasteiger partial charge in [-0.05, 0) is 36.1 Å². The van der Waals surface area contributed by atoms with Crippen molar-refractivity contribution in [3.05, 3.63) is 69.2 Å². The standard InChI is InChI=1S/C16H13Cl2NO/c17-14-7-5-10(9-15(14)18)11-6-8-16(19-20)13-4-2-1-3-12(11)13/h1-5,7,9,11,20H,6,8H2/b19-16-. The van der Waals surface area contributed by atoms with Gasteiger partial charge in [-0.15, -0.1) is 0 Å². The second-order valence-corrected chi connectivity index (χ2v) is 5.71. The molecular formula is C16H13Cl2NO. The second-order valence-electron chi connectivity index (χ2n) is 4.90. The first-order valence-corrected chi connectivity index (χ1v) is 7.21. The molecule has 0 saturated carbocycles. The zero-order valence-electron chi connectivity index (χ0n) is 10.7. The van der Waals surface area contributed by atoms with Crippen LogP contribution in [0.25, 0.3) is 0 Å². The number of oxime groups is 1. The third-order valence-electron chi connectivity index (χ3n) is 3.78. The molecule has 102 valence electrons. The maximum Gasteiger partial charge on any atom is 0.0871 e. The highest BCUT2D eigenvalue weighted by Gasteiger charge is 2.25. The van der Waals surface area contributed by atoms with Crippen molar-refractivity contribution in [2.45, 2.75) is 18.8 Å². The van der Waals surface area contributed by atoms with Gasteiger partial charge in [0.05, 0.1) is 15.8 Å². The lowest BCUT2D eigenvalue weighted by atomic mass is 9.78. The topological polar surface area (TPSA) is 32.6 Å². The van der Waals surface area contributed by atoms with Gasteiger partial charge in [0.15, 0.2) is 0 Å². The smallest absolute Gasteiger partial charge is 0.0871 e. The highest BCUT2D eigenvalue weighted by atomic mass is 35.5. The summed E-state index contributed by atoms with van der Waals surface area (Å²) in [6.45, 7) is 0. The van der Waals surface area contributed by atoms with Crippen LogP contribution in [0.2, 0.25) is 10.0 Å². The van der Waals surface area contributed by atoms with Crippen molar-refractivity contribution in [2.24, 2.45) is 5.16 Å². The van der Waals surface area contributed by atoms with Crippen molar-refractivity contribution in [3.8, 4) is 0 Å². The lowest BCUT2D eigenvalue weighted by Crippen LogP contribution is -2.17. The predicted octanol–water partition coefficient (Wildman–Crippen LogP) is 5.10. The first-order chi connectivity index (χ1) is 9.70. The molecular weight excluding hydrogens is 293 g/mol. The molecule has 1 atom stereocenters. The highest BCUT2D eigenvalue weighted by molar-refractivity contribution is 6.42. The molecule has 0 aliphatic heterocycles. The van der Waals surface area contributed by atoms with Crippen molar-refractivity contribution in [1.82, 2.24) is 0 Å². The quantitative estimate of drug-likeness (QED) is 0.577. The SMILES string of the molecule is O/N=C1/CCC(c2ccc(Cl)c(Cl)c2)c2ccccc21. The van der Waals surface area contributed by atoms with Crippen LogP contribution < -0.4 is 0 Å². The minimum Gasteiger partial charge on any atom is -0.411 e. The summed E-state index contributed by atoms with van der Waals surface area (Å²) in [5, 5.41) is 13.7. The van der Waals surface area contributed by atoms with Crippen LogP contribution in [0.1, 0.15) is 35.4 Å². The Morgan fingerprint density at radius 2 is 1.85 bits per heavy atom. The normalized spacial score (nSPS) is 19.9. The molecule has 0 heterocycles. The third-order valence-corrected chi connectivity index (χ3v) is 4.52. The van der Waals surface area contributed by atoms with Gasteiger partial charge in [-0.1, -0.05) is 58.7 Å². The zero-order chi connectivity index (χ0) is 14.1. The van der Waals surface area contributed by atoms with Gasteiger partial charge in [-0.3, -0.25) is 0 Å². The minimum absolute atomic E-state index is 0.256. The van der Waals surface area contributed by atoms with Crippen LogP contribution in [0, 0.1) is 0 Å². The monoisotopic (exact) mass is 305 g/mol. The van der Waals surface area contributed by atoms with E-state index in [9.17, 15) is 0 Å². The van der Waals surface area contributed by atoms with E-state index in [1.54, 1.807) is 0 Å². The maximum atomic E-state index is 9.12. The lowest BCUT2D eigenvalue weighted by Gasteiger charge is -2.26. The number of halogens is 2. The van der Waals surface area contributed by atoms with Crippen LogP contribution in [0.3, 0.4) is 0 Å². The molecule has 4 heteroatoms. The summed E-state index contributed by atoms with van der Waals surface area (Å²) >= 11 is 12.1. The average Bonchev–Trinajstić information content (AvgIpc) is 2.49. The van der Waals surface area contributed by atoms with Crippen molar-refractivity contribution in [1.29, 1.82) is 0 Å². The number of fused-ring (bicyclic) bond motifs is 1. The zero-order valence-corrected chi connectivity index (χ0v) is 12.2. The molecule has 1 aliphatic carbocycles. The third kappa shape index (κ3) is 2.30. The molecule has 20 heavy (non-hydrogen) atoms. The van der Waals surface area contributed by atoms with E-state index in [1.165, 1.54) is 5.56 Å². The Morgan fingerprint density at radius 1 is 1.05 bits per heavy atom. The highest BCUT2D eigenvalue weighted by Crippen LogP contribution is 2.38. The van der Waals surface area contributed by atoms with E-state index in [2.05, 4.69) is 11.2 Å². The first kappa shape index (κ1) is 13.5. The van der Waals surface area contributed by atoms with Gasteiger partial charge in [0.1, 0.15) is 0 Å². The Hall–Kier alpha value is -1.51. The number of hydrogen-bond donors (Lipinski definition) is 1. The summed E-state index contributed by atoms with van der Waals surface area (Å²) in [5.74, 6) is 0.256. The van der Waals surface area contributed by atoms with E-state index in [0.717, 1.165) is 29.7 Å². The van der Waals surface area contributed by atoms with E-state index >= 15 is 0 Å². The first-order valence-electron chi connectivity index (χ1n) is 6.46. The maximum absolute atomic E-state index is 9.12. The van der Waals surface area contributed by atoms with Gasteiger partial charge in [0, 0.05) is 11.5 Å². The Labute approximate surface area is 127 Å². The molecule has 0 aromatic heterocycles. The van der Waals surface area contributed by atoms with Crippen LogP contribution in [0.4, 0.5) is 0 Å². The minimum atomic E-state index is 0.256. The van der Waals surface area contributed by atoms with Gasteiger partial charge >= 0.3 is 0 Å². The Kier molecular flexibility index (Phi) is 3.68. The van der Waals surface area contributed by atoms with Gasteiger partial charge in [-0.25, -0.2) is 0 Å². The van der Waals surface area contributed by atoms with Crippen molar-refractivity contribution in [2.75, 3.05) is 0 Å². The largest absolute Gasteiger partial charge is 0.411 e. The summed E-state index contributed by atoms with van der Waals surface area (Å²) in [6, 6.07) is 13.8. The Morgan fingerprint density at radius 3 is 2.60 bits per heavy atom. The van der Waals surface area contributed by atoms with Crippen LogP contribution in [-0.4, -0.2) is 10.9 Å². The van der Waals surface area contributed by atoms with Gasteiger partial charge in [-0.2, -0.15) is 0 Å². The molecule has 2 nitrogen and oxygen atoms in total.